The van der Waals surface area contributed by atoms with Gasteiger partial charge < -0.3 is 15.0 Å². The summed E-state index contributed by atoms with van der Waals surface area (Å²) in [7, 11) is 0. The number of aromatic nitrogens is 1. The molecule has 0 spiro atoms. The molecule has 1 saturated heterocycles. The van der Waals surface area contributed by atoms with Crippen LogP contribution in [0.4, 0.5) is 0 Å². The largest absolute Gasteiger partial charge is 0.440 e. The van der Waals surface area contributed by atoms with Gasteiger partial charge in [-0.15, -0.1) is 0 Å². The van der Waals surface area contributed by atoms with Crippen molar-refractivity contribution in [1.29, 1.82) is 0 Å². The molecule has 5 heteroatoms. The Labute approximate surface area is 188 Å². The first-order chi connectivity index (χ1) is 15.5. The highest BCUT2D eigenvalue weighted by atomic mass is 16.5. The minimum Gasteiger partial charge on any atom is -0.440 e. The molecule has 4 aromatic rings. The summed E-state index contributed by atoms with van der Waals surface area (Å²) in [6, 6.07) is 27.7. The third-order valence-corrected chi connectivity index (χ3v) is 5.88. The van der Waals surface area contributed by atoms with Crippen molar-refractivity contribution >= 4 is 16.8 Å². The van der Waals surface area contributed by atoms with Crippen LogP contribution in [0.25, 0.3) is 16.6 Å². The number of carbonyl (C=O) groups excluding carboxylic acids is 1. The molecular weight excluding hydrogens is 398 g/mol. The highest BCUT2D eigenvalue weighted by Gasteiger charge is 2.33. The van der Waals surface area contributed by atoms with E-state index < -0.39 is 0 Å². The fraction of sp³-hybridized carbons (Fsp3) is 0.222. The van der Waals surface area contributed by atoms with Crippen LogP contribution in [-0.2, 0) is 0 Å². The topological polar surface area (TPSA) is 46.5 Å². The lowest BCUT2D eigenvalue weighted by Crippen LogP contribution is -2.58. The van der Waals surface area contributed by atoms with Crippen molar-refractivity contribution in [2.45, 2.75) is 19.4 Å². The van der Waals surface area contributed by atoms with Crippen LogP contribution >= 0.6 is 0 Å². The third-order valence-electron chi connectivity index (χ3n) is 5.88. The highest BCUT2D eigenvalue weighted by molar-refractivity contribution is 6.10. The van der Waals surface area contributed by atoms with Crippen molar-refractivity contribution in [3.05, 3.63) is 90.5 Å². The summed E-state index contributed by atoms with van der Waals surface area (Å²) >= 11 is 0. The van der Waals surface area contributed by atoms with E-state index >= 15 is 0 Å². The number of fused-ring (bicyclic) bond motifs is 1. The third kappa shape index (κ3) is 3.76. The molecular formula is C27H27N3O2. The second-order valence-corrected chi connectivity index (χ2v) is 8.82. The average Bonchev–Trinajstić information content (AvgIpc) is 3.12. The number of benzene rings is 3. The maximum Gasteiger partial charge on any atom is 0.260 e. The van der Waals surface area contributed by atoms with E-state index in [4.69, 9.17) is 4.74 Å². The van der Waals surface area contributed by atoms with Gasteiger partial charge in [-0.1, -0.05) is 54.6 Å². The molecule has 1 aliphatic rings. The summed E-state index contributed by atoms with van der Waals surface area (Å²) in [5.41, 5.74) is 2.37. The zero-order chi connectivity index (χ0) is 22.1. The monoisotopic (exact) mass is 425 g/mol. The first-order valence-corrected chi connectivity index (χ1v) is 11.0. The highest BCUT2D eigenvalue weighted by Crippen LogP contribution is 2.38. The number of hydrogen-bond donors (Lipinski definition) is 1. The quantitative estimate of drug-likeness (QED) is 0.486. The van der Waals surface area contributed by atoms with Gasteiger partial charge >= 0.3 is 0 Å². The van der Waals surface area contributed by atoms with Gasteiger partial charge in [-0.2, -0.15) is 0 Å². The predicted molar refractivity (Wildman–Crippen MR) is 128 cm³/mol. The summed E-state index contributed by atoms with van der Waals surface area (Å²) in [4.78, 5) is 15.9. The maximum absolute atomic E-state index is 14.0. The van der Waals surface area contributed by atoms with Gasteiger partial charge in [0.25, 0.3) is 5.91 Å². The number of amides is 1. The van der Waals surface area contributed by atoms with Crippen LogP contribution in [-0.4, -0.2) is 40.5 Å². The molecule has 32 heavy (non-hydrogen) atoms. The van der Waals surface area contributed by atoms with Gasteiger partial charge in [0.05, 0.1) is 5.52 Å². The van der Waals surface area contributed by atoms with E-state index in [2.05, 4.69) is 19.2 Å². The second kappa shape index (κ2) is 8.17. The zero-order valence-corrected chi connectivity index (χ0v) is 18.4. The Kier molecular flexibility index (Phi) is 5.19. The van der Waals surface area contributed by atoms with Crippen molar-refractivity contribution in [2.24, 2.45) is 0 Å². The molecule has 0 atom stereocenters. The van der Waals surface area contributed by atoms with Gasteiger partial charge in [0.2, 0.25) is 5.88 Å². The van der Waals surface area contributed by atoms with E-state index in [1.165, 1.54) is 0 Å². The van der Waals surface area contributed by atoms with E-state index in [1.54, 1.807) is 0 Å². The number of rotatable bonds is 4. The van der Waals surface area contributed by atoms with Crippen molar-refractivity contribution in [2.75, 3.05) is 19.6 Å². The minimum atomic E-state index is -0.133. The van der Waals surface area contributed by atoms with Crippen LogP contribution in [0.5, 0.6) is 11.6 Å². The van der Waals surface area contributed by atoms with E-state index in [0.29, 0.717) is 30.3 Å². The molecule has 0 aliphatic carbocycles. The first-order valence-electron chi connectivity index (χ1n) is 11.0. The summed E-state index contributed by atoms with van der Waals surface area (Å²) < 4.78 is 8.49. The lowest BCUT2D eigenvalue weighted by atomic mass is 10.0. The maximum atomic E-state index is 14.0. The Morgan fingerprint density at radius 3 is 2.28 bits per heavy atom. The molecule has 3 aromatic carbocycles. The Morgan fingerprint density at radius 1 is 0.906 bits per heavy atom. The Morgan fingerprint density at radius 2 is 1.56 bits per heavy atom. The molecule has 1 amide bonds. The van der Waals surface area contributed by atoms with Crippen LogP contribution < -0.4 is 10.1 Å². The van der Waals surface area contributed by atoms with Crippen LogP contribution in [0, 0.1) is 0 Å². The molecule has 2 heterocycles. The smallest absolute Gasteiger partial charge is 0.260 e. The summed E-state index contributed by atoms with van der Waals surface area (Å²) in [5, 5.41) is 4.38. The second-order valence-electron chi connectivity index (χ2n) is 8.82. The normalized spacial score (nSPS) is 15.6. The number of nitrogens with zero attached hydrogens (tertiary/aromatic N) is 2. The van der Waals surface area contributed by atoms with Crippen molar-refractivity contribution < 1.29 is 9.53 Å². The number of piperazine rings is 1. The number of carbonyl (C=O) groups is 1. The lowest BCUT2D eigenvalue weighted by Gasteiger charge is -2.39. The minimum absolute atomic E-state index is 0.00335. The van der Waals surface area contributed by atoms with Crippen molar-refractivity contribution in [3.8, 4) is 17.3 Å². The molecule has 1 aliphatic heterocycles. The lowest BCUT2D eigenvalue weighted by molar-refractivity contribution is 0.0651. The molecule has 5 rings (SSSR count). The van der Waals surface area contributed by atoms with Crippen molar-refractivity contribution in [1.82, 2.24) is 14.8 Å². The number of nitrogens with one attached hydrogen (secondary N) is 1. The molecule has 0 radical (unpaired) electrons. The predicted octanol–water partition coefficient (Wildman–Crippen LogP) is 5.25. The number of hydrogen-bond acceptors (Lipinski definition) is 3. The average molecular weight is 426 g/mol. The van der Waals surface area contributed by atoms with Crippen LogP contribution in [0.3, 0.4) is 0 Å². The Bertz CT molecular complexity index is 1250. The van der Waals surface area contributed by atoms with Crippen molar-refractivity contribution in [3.63, 3.8) is 0 Å². The van der Waals surface area contributed by atoms with Gasteiger partial charge in [0.15, 0.2) is 0 Å². The number of para-hydroxylation sites is 3. The van der Waals surface area contributed by atoms with Gasteiger partial charge in [-0.25, -0.2) is 0 Å². The summed E-state index contributed by atoms with van der Waals surface area (Å²) in [5.74, 6) is 1.24. The standard InChI is InChI=1S/C27H27N3O2/c1-27(2)19-29(18-17-28-27)25(31)24-22-15-9-10-16-23(22)30(20-11-5-3-6-12-20)26(24)32-21-13-7-4-8-14-21/h3-16,28H,17-19H2,1-2H3. The molecule has 5 nitrogen and oxygen atoms in total. The summed E-state index contributed by atoms with van der Waals surface area (Å²) in [6.45, 7) is 6.33. The Balaban J connectivity index is 1.72. The first kappa shape index (κ1) is 20.3. The fourth-order valence-electron chi connectivity index (χ4n) is 4.43. The van der Waals surface area contributed by atoms with E-state index in [-0.39, 0.29) is 11.4 Å². The molecule has 0 unspecified atom stereocenters. The van der Waals surface area contributed by atoms with Gasteiger partial charge in [-0.05, 0) is 44.2 Å². The van der Waals surface area contributed by atoms with E-state index in [9.17, 15) is 4.79 Å². The molecule has 0 bridgehead atoms. The summed E-state index contributed by atoms with van der Waals surface area (Å²) in [6.07, 6.45) is 0. The molecule has 0 saturated carbocycles. The van der Waals surface area contributed by atoms with E-state index in [0.717, 1.165) is 23.1 Å². The molecule has 1 N–H and O–H groups in total. The number of ether oxygens (including phenoxy) is 1. The van der Waals surface area contributed by atoms with Gasteiger partial charge in [0, 0.05) is 36.2 Å². The molecule has 162 valence electrons. The molecule has 1 fully saturated rings. The van der Waals surface area contributed by atoms with Gasteiger partial charge in [-0.3, -0.25) is 9.36 Å². The Hall–Kier alpha value is -3.57. The van der Waals surface area contributed by atoms with Crippen LogP contribution in [0.1, 0.15) is 24.2 Å². The zero-order valence-electron chi connectivity index (χ0n) is 18.4. The van der Waals surface area contributed by atoms with Crippen LogP contribution in [0.15, 0.2) is 84.9 Å². The van der Waals surface area contributed by atoms with Crippen LogP contribution in [0.2, 0.25) is 0 Å². The van der Waals surface area contributed by atoms with Gasteiger partial charge in [0.1, 0.15) is 11.3 Å². The van der Waals surface area contributed by atoms with E-state index in [1.807, 2.05) is 94.4 Å². The SMILES string of the molecule is CC1(C)CN(C(=O)c2c(Oc3ccccc3)n(-c3ccccc3)c3ccccc23)CCN1. The molecule has 1 aromatic heterocycles. The fourth-order valence-corrected chi connectivity index (χ4v) is 4.43.